The summed E-state index contributed by atoms with van der Waals surface area (Å²) in [6.07, 6.45) is -4.76. The third kappa shape index (κ3) is 20.9. The molecule has 0 bridgehead atoms. The molecule has 2 nitrogen and oxygen atoms in total. The van der Waals surface area contributed by atoms with Crippen LogP contribution in [0.5, 0.6) is 0 Å². The van der Waals surface area contributed by atoms with Gasteiger partial charge in [0.25, 0.3) is 5.78 Å². The van der Waals surface area contributed by atoms with E-state index in [9.17, 15) is 18.0 Å². The average molecular weight is 389 g/mol. The molecule has 0 rings (SSSR count). The van der Waals surface area contributed by atoms with E-state index in [0.717, 1.165) is 6.92 Å². The quantitative estimate of drug-likeness (QED) is 0.275. The Bertz CT molecular complexity index is 182. The molecule has 15 heavy (non-hydrogen) atoms. The molecule has 0 aliphatic rings. The summed E-state index contributed by atoms with van der Waals surface area (Å²) >= 11 is 0. The Morgan fingerprint density at radius 1 is 1.13 bits per heavy atom. The van der Waals surface area contributed by atoms with Crippen LogP contribution in [0, 0.1) is 0 Å². The van der Waals surface area contributed by atoms with E-state index >= 15 is 0 Å². The van der Waals surface area contributed by atoms with E-state index < -0.39 is 17.7 Å². The zero-order valence-electron chi connectivity index (χ0n) is 7.03. The Morgan fingerprint density at radius 3 is 1.47 bits per heavy atom. The molecule has 0 aliphatic carbocycles. The number of alkyl halides is 3. The van der Waals surface area contributed by atoms with Gasteiger partial charge in [-0.1, -0.05) is 0 Å². The number of carbonyl (C=O) groups is 1. The minimum absolute atomic E-state index is 0. The monoisotopic (exact) mass is 387 g/mol. The average Bonchev–Trinajstić information content (AvgIpc) is 1.60. The number of halogens is 7. The summed E-state index contributed by atoms with van der Waals surface area (Å²) in [5.41, 5.74) is 0. The van der Waals surface area contributed by atoms with Crippen molar-refractivity contribution in [1.29, 1.82) is 0 Å². The van der Waals surface area contributed by atoms with Crippen LogP contribution in [-0.2, 0) is 27.2 Å². The minimum Gasteiger partial charge on any atom is -1.00 e. The molecule has 0 aromatic heterocycles. The number of hydrogen-bond acceptors (Lipinski definition) is 2. The third-order valence-corrected chi connectivity index (χ3v) is 0.619. The number of aliphatic hydroxyl groups is 1. The van der Waals surface area contributed by atoms with Crippen LogP contribution < -0.4 is 49.6 Å². The second-order valence-corrected chi connectivity index (χ2v) is 1.65. The van der Waals surface area contributed by atoms with Gasteiger partial charge < -0.3 is 54.7 Å². The summed E-state index contributed by atoms with van der Waals surface area (Å²) in [6, 6.07) is 0. The molecule has 0 fully saturated rings. The van der Waals surface area contributed by atoms with Crippen LogP contribution in [0.4, 0.5) is 13.2 Å². The summed E-state index contributed by atoms with van der Waals surface area (Å²) in [6.45, 7) is 0.990. The first-order chi connectivity index (χ1) is 4.34. The van der Waals surface area contributed by atoms with Gasteiger partial charge in [-0.2, -0.15) is 13.2 Å². The Kier molecular flexibility index (Phi) is 35.8. The number of allylic oxidation sites excluding steroid dienone is 2. The van der Waals surface area contributed by atoms with E-state index in [-0.39, 0.29) is 78.1 Å². The Morgan fingerprint density at radius 2 is 1.40 bits per heavy atom. The molecule has 0 aromatic rings. The summed E-state index contributed by atoms with van der Waals surface area (Å²) in [5.74, 6) is -2.70. The maximum atomic E-state index is 11.3. The van der Waals surface area contributed by atoms with Crippen LogP contribution in [0.1, 0.15) is 6.92 Å². The molecule has 0 saturated carbocycles. The molecule has 10 heteroatoms. The SMILES string of the molecule is C/C(O)=C/C(=O)C(F)(F)F.[Cl-].[Cl-].[Cl-].[Cl-].[Nb]. The predicted octanol–water partition coefficient (Wildman–Crippen LogP) is -10.4. The largest absolute Gasteiger partial charge is 1.00 e. The summed E-state index contributed by atoms with van der Waals surface area (Å²) < 4.78 is 33.9. The summed E-state index contributed by atoms with van der Waals surface area (Å²) in [7, 11) is 0. The zero-order valence-corrected chi connectivity index (χ0v) is 12.2. The zero-order chi connectivity index (χ0) is 8.36. The fourth-order valence-corrected chi connectivity index (χ4v) is 0.272. The second kappa shape index (κ2) is 14.9. The minimum atomic E-state index is -4.88. The molecule has 1 N–H and O–H groups in total. The molecule has 0 aromatic carbocycles. The fraction of sp³-hybridized carbons (Fsp3) is 0.400. The molecule has 95 valence electrons. The summed E-state index contributed by atoms with van der Waals surface area (Å²) in [5, 5.41) is 8.23. The number of carbonyl (C=O) groups excluding carboxylic acids is 1. The van der Waals surface area contributed by atoms with Crippen LogP contribution in [0.3, 0.4) is 0 Å². The van der Waals surface area contributed by atoms with Gasteiger partial charge in [0.1, 0.15) is 0 Å². The van der Waals surface area contributed by atoms with Gasteiger partial charge in [0.15, 0.2) is 0 Å². The van der Waals surface area contributed by atoms with Gasteiger partial charge in [0, 0.05) is 28.5 Å². The molecule has 0 spiro atoms. The van der Waals surface area contributed by atoms with Crippen molar-refractivity contribution in [2.24, 2.45) is 0 Å². The molecule has 0 amide bonds. The molecule has 0 atom stereocenters. The Balaban J connectivity index is -0.0000000405. The van der Waals surface area contributed by atoms with Gasteiger partial charge in [-0.15, -0.1) is 0 Å². The van der Waals surface area contributed by atoms with Crippen molar-refractivity contribution < 1.29 is 95.1 Å². The van der Waals surface area contributed by atoms with Crippen molar-refractivity contribution in [1.82, 2.24) is 0 Å². The van der Waals surface area contributed by atoms with Crippen LogP contribution in [0.15, 0.2) is 11.8 Å². The first-order valence-electron chi connectivity index (χ1n) is 2.32. The maximum Gasteiger partial charge on any atom is 0.454 e. The van der Waals surface area contributed by atoms with Gasteiger partial charge in [-0.25, -0.2) is 0 Å². The molecular weight excluding hydrogens is 384 g/mol. The van der Waals surface area contributed by atoms with Gasteiger partial charge in [0.2, 0.25) is 0 Å². The maximum absolute atomic E-state index is 11.3. The topological polar surface area (TPSA) is 37.3 Å². The van der Waals surface area contributed by atoms with E-state index in [4.69, 9.17) is 5.11 Å². The van der Waals surface area contributed by atoms with Gasteiger partial charge in [-0.05, 0) is 6.92 Å². The Hall–Kier alpha value is 0.900. The van der Waals surface area contributed by atoms with E-state index in [1.54, 1.807) is 0 Å². The second-order valence-electron chi connectivity index (χ2n) is 1.65. The van der Waals surface area contributed by atoms with E-state index in [2.05, 4.69) is 0 Å². The fourth-order valence-electron chi connectivity index (χ4n) is 0.272. The van der Waals surface area contributed by atoms with E-state index in [0.29, 0.717) is 0 Å². The van der Waals surface area contributed by atoms with E-state index in [1.165, 1.54) is 0 Å². The van der Waals surface area contributed by atoms with Crippen molar-refractivity contribution in [3.05, 3.63) is 11.8 Å². The van der Waals surface area contributed by atoms with Gasteiger partial charge >= 0.3 is 6.18 Å². The Labute approximate surface area is 125 Å². The summed E-state index contributed by atoms with van der Waals surface area (Å²) in [4.78, 5) is 9.91. The first kappa shape index (κ1) is 36.0. The number of rotatable bonds is 1. The van der Waals surface area contributed by atoms with Crippen LogP contribution in [0.2, 0.25) is 0 Å². The number of aliphatic hydroxyl groups excluding tert-OH is 1. The number of hydrogen-bond donors (Lipinski definition) is 1. The molecule has 0 heterocycles. The van der Waals surface area contributed by atoms with Crippen molar-refractivity contribution in [2.45, 2.75) is 13.1 Å². The molecule has 0 aliphatic heterocycles. The normalized spacial score (nSPS) is 8.93. The standard InChI is InChI=1S/C5H5F3O2.4ClH.Nb/c1-3(9)2-4(10)5(6,7)8;;;;;/h2,9H,1H3;4*1H;/p-4/b3-2-;;;;;. The van der Waals surface area contributed by atoms with Crippen molar-refractivity contribution in [3.63, 3.8) is 0 Å². The van der Waals surface area contributed by atoms with Crippen molar-refractivity contribution >= 4 is 5.78 Å². The first-order valence-corrected chi connectivity index (χ1v) is 2.32. The predicted molar refractivity (Wildman–Crippen MR) is 27.4 cm³/mol. The van der Waals surface area contributed by atoms with Gasteiger partial charge in [0.05, 0.1) is 5.76 Å². The molecule has 1 radical (unpaired) electrons. The molecule has 0 saturated heterocycles. The van der Waals surface area contributed by atoms with Crippen molar-refractivity contribution in [2.75, 3.05) is 0 Å². The smallest absolute Gasteiger partial charge is 0.454 e. The van der Waals surface area contributed by atoms with Crippen LogP contribution in [0.25, 0.3) is 0 Å². The van der Waals surface area contributed by atoms with Gasteiger partial charge in [-0.3, -0.25) is 4.79 Å². The third-order valence-electron chi connectivity index (χ3n) is 0.619. The van der Waals surface area contributed by atoms with Crippen LogP contribution >= 0.6 is 0 Å². The van der Waals surface area contributed by atoms with E-state index in [1.807, 2.05) is 0 Å². The number of ketones is 1. The van der Waals surface area contributed by atoms with Crippen molar-refractivity contribution in [3.8, 4) is 0 Å². The molecule has 0 unspecified atom stereocenters. The molecular formula is C5H5Cl4F3NbO2-4. The van der Waals surface area contributed by atoms with Crippen LogP contribution in [-0.4, -0.2) is 17.1 Å².